The van der Waals surface area contributed by atoms with E-state index in [-0.39, 0.29) is 11.9 Å². The van der Waals surface area contributed by atoms with E-state index in [4.69, 9.17) is 9.68 Å². The number of carbonyl (C=O) groups is 1. The summed E-state index contributed by atoms with van der Waals surface area (Å²) in [5, 5.41) is 12.9. The monoisotopic (exact) mass is 295 g/mol. The molecule has 0 aliphatic carbocycles. The van der Waals surface area contributed by atoms with Crippen molar-refractivity contribution in [2.24, 2.45) is 5.92 Å². The summed E-state index contributed by atoms with van der Waals surface area (Å²) < 4.78 is 5.30. The molecule has 22 heavy (non-hydrogen) atoms. The maximum absolute atomic E-state index is 12.5. The zero-order chi connectivity index (χ0) is 15.1. The van der Waals surface area contributed by atoms with Crippen LogP contribution in [0.4, 0.5) is 0 Å². The van der Waals surface area contributed by atoms with E-state index in [9.17, 15) is 4.79 Å². The quantitative estimate of drug-likeness (QED) is 0.921. The molecular formula is C17H17N3O2. The topological polar surface area (TPSA) is 69.3 Å². The third kappa shape index (κ3) is 2.26. The molecule has 5 nitrogen and oxygen atoms in total. The summed E-state index contributed by atoms with van der Waals surface area (Å²) in [5.74, 6) is 0.653. The number of piperidine rings is 1. The van der Waals surface area contributed by atoms with E-state index >= 15 is 0 Å². The predicted molar refractivity (Wildman–Crippen MR) is 81.3 cm³/mol. The van der Waals surface area contributed by atoms with Gasteiger partial charge in [0.15, 0.2) is 0 Å². The molecule has 2 fully saturated rings. The zero-order valence-electron chi connectivity index (χ0n) is 12.2. The fourth-order valence-electron chi connectivity index (χ4n) is 3.69. The first-order chi connectivity index (χ1) is 10.7. The molecule has 112 valence electrons. The molecule has 2 aliphatic rings. The molecule has 1 aromatic carbocycles. The third-order valence-electron chi connectivity index (χ3n) is 4.76. The third-order valence-corrected chi connectivity index (χ3v) is 4.76. The first kappa shape index (κ1) is 13.4. The Morgan fingerprint density at radius 1 is 1.41 bits per heavy atom. The molecule has 2 aromatic rings. The van der Waals surface area contributed by atoms with Crippen LogP contribution < -0.4 is 5.32 Å². The minimum Gasteiger partial charge on any atom is -0.463 e. The van der Waals surface area contributed by atoms with Gasteiger partial charge in [0, 0.05) is 30.1 Å². The second-order valence-electron chi connectivity index (χ2n) is 6.29. The highest BCUT2D eigenvalue weighted by atomic mass is 16.3. The van der Waals surface area contributed by atoms with E-state index in [2.05, 4.69) is 16.3 Å². The smallest absolute Gasteiger partial charge is 0.251 e. The van der Waals surface area contributed by atoms with Crippen molar-refractivity contribution >= 4 is 16.9 Å². The second kappa shape index (κ2) is 5.15. The van der Waals surface area contributed by atoms with Crippen molar-refractivity contribution in [3.8, 4) is 6.07 Å². The molecule has 0 spiro atoms. The van der Waals surface area contributed by atoms with Gasteiger partial charge < -0.3 is 14.6 Å². The molecule has 3 atom stereocenters. The summed E-state index contributed by atoms with van der Waals surface area (Å²) in [6.45, 7) is 3.28. The minimum absolute atomic E-state index is 0.0699. The summed E-state index contributed by atoms with van der Waals surface area (Å²) in [7, 11) is 0. The van der Waals surface area contributed by atoms with Gasteiger partial charge in [0.05, 0.1) is 5.56 Å². The van der Waals surface area contributed by atoms with E-state index in [0.29, 0.717) is 22.1 Å². The number of benzene rings is 1. The van der Waals surface area contributed by atoms with Gasteiger partial charge in [-0.1, -0.05) is 0 Å². The lowest BCUT2D eigenvalue weighted by molar-refractivity contribution is 0.0909. The number of nitriles is 1. The van der Waals surface area contributed by atoms with Crippen molar-refractivity contribution in [3.63, 3.8) is 0 Å². The minimum atomic E-state index is -0.0699. The van der Waals surface area contributed by atoms with Gasteiger partial charge in [-0.25, -0.2) is 0 Å². The SMILES string of the molecule is N#Cc1coc2ccc(C(=O)N[C@@H]3C[C@H]4CCN(C4)C3)cc12. The van der Waals surface area contributed by atoms with Gasteiger partial charge in [0.1, 0.15) is 17.9 Å². The molecule has 1 aromatic heterocycles. The van der Waals surface area contributed by atoms with Gasteiger partial charge in [0.2, 0.25) is 0 Å². The molecular weight excluding hydrogens is 278 g/mol. The van der Waals surface area contributed by atoms with E-state index in [0.717, 1.165) is 25.4 Å². The predicted octanol–water partition coefficient (Wildman–Crippen LogP) is 2.13. The first-order valence-electron chi connectivity index (χ1n) is 7.67. The van der Waals surface area contributed by atoms with Crippen LogP contribution in [-0.4, -0.2) is 36.5 Å². The van der Waals surface area contributed by atoms with Crippen LogP contribution in [0.2, 0.25) is 0 Å². The Morgan fingerprint density at radius 2 is 2.32 bits per heavy atom. The van der Waals surface area contributed by atoms with Crippen molar-refractivity contribution in [1.29, 1.82) is 5.26 Å². The molecule has 0 radical (unpaired) electrons. The Morgan fingerprint density at radius 3 is 3.14 bits per heavy atom. The summed E-state index contributed by atoms with van der Waals surface area (Å²) in [5.41, 5.74) is 1.68. The number of nitrogens with one attached hydrogen (secondary N) is 1. The normalized spacial score (nSPS) is 26.8. The number of rotatable bonds is 2. The van der Waals surface area contributed by atoms with Crippen LogP contribution in [0.25, 0.3) is 11.0 Å². The van der Waals surface area contributed by atoms with E-state index in [1.54, 1.807) is 18.2 Å². The molecule has 2 bridgehead atoms. The van der Waals surface area contributed by atoms with Crippen LogP contribution in [0.5, 0.6) is 0 Å². The summed E-state index contributed by atoms with van der Waals surface area (Å²) >= 11 is 0. The second-order valence-corrected chi connectivity index (χ2v) is 6.29. The molecule has 1 N–H and O–H groups in total. The van der Waals surface area contributed by atoms with Crippen LogP contribution in [0.3, 0.4) is 0 Å². The van der Waals surface area contributed by atoms with E-state index in [1.807, 2.05) is 0 Å². The van der Waals surface area contributed by atoms with Crippen molar-refractivity contribution in [3.05, 3.63) is 35.6 Å². The van der Waals surface area contributed by atoms with Crippen molar-refractivity contribution in [2.75, 3.05) is 19.6 Å². The highest BCUT2D eigenvalue weighted by molar-refractivity contribution is 5.99. The van der Waals surface area contributed by atoms with Crippen molar-refractivity contribution in [1.82, 2.24) is 10.2 Å². The Bertz CT molecular complexity index is 762. The largest absolute Gasteiger partial charge is 0.463 e. The van der Waals surface area contributed by atoms with Gasteiger partial charge in [-0.15, -0.1) is 0 Å². The Labute approximate surface area is 128 Å². The van der Waals surface area contributed by atoms with Crippen LogP contribution in [-0.2, 0) is 0 Å². The van der Waals surface area contributed by atoms with Gasteiger partial charge in [-0.05, 0) is 43.5 Å². The standard InChI is InChI=1S/C17H17N3O2/c18-7-13-10-22-16-2-1-12(6-15(13)16)17(21)19-14-5-11-3-4-20(8-11)9-14/h1-2,6,10-11,14H,3-5,8-9H2,(H,19,21)/t11-,14-/m1/s1. The van der Waals surface area contributed by atoms with Crippen LogP contribution in [0.1, 0.15) is 28.8 Å². The molecule has 2 saturated heterocycles. The number of hydrogen-bond acceptors (Lipinski definition) is 4. The summed E-state index contributed by atoms with van der Waals surface area (Å²) in [6.07, 6.45) is 3.75. The van der Waals surface area contributed by atoms with Crippen LogP contribution in [0.15, 0.2) is 28.9 Å². The molecule has 1 unspecified atom stereocenters. The molecule has 0 saturated carbocycles. The van der Waals surface area contributed by atoms with Crippen molar-refractivity contribution < 1.29 is 9.21 Å². The lowest BCUT2D eigenvalue weighted by Gasteiger charge is -2.30. The molecule has 3 heterocycles. The Hall–Kier alpha value is -2.32. The number of amides is 1. The highest BCUT2D eigenvalue weighted by Gasteiger charge is 2.33. The molecule has 1 amide bonds. The van der Waals surface area contributed by atoms with E-state index < -0.39 is 0 Å². The molecule has 2 aliphatic heterocycles. The van der Waals surface area contributed by atoms with Gasteiger partial charge in [-0.2, -0.15) is 5.26 Å². The average molecular weight is 295 g/mol. The fourth-order valence-corrected chi connectivity index (χ4v) is 3.69. The Kier molecular flexibility index (Phi) is 3.12. The number of carbonyl (C=O) groups excluding carboxylic acids is 1. The molecule has 5 heteroatoms. The average Bonchev–Trinajstić information content (AvgIpc) is 3.09. The van der Waals surface area contributed by atoms with E-state index in [1.165, 1.54) is 19.2 Å². The first-order valence-corrected chi connectivity index (χ1v) is 7.67. The van der Waals surface area contributed by atoms with Crippen molar-refractivity contribution in [2.45, 2.75) is 18.9 Å². The number of furan rings is 1. The summed E-state index contributed by atoms with van der Waals surface area (Å²) in [6, 6.07) is 7.55. The molecule has 4 rings (SSSR count). The van der Waals surface area contributed by atoms with Crippen LogP contribution in [0, 0.1) is 17.2 Å². The van der Waals surface area contributed by atoms with Gasteiger partial charge >= 0.3 is 0 Å². The zero-order valence-corrected chi connectivity index (χ0v) is 12.2. The number of hydrogen-bond donors (Lipinski definition) is 1. The lowest BCUT2D eigenvalue weighted by Crippen LogP contribution is -2.47. The highest BCUT2D eigenvalue weighted by Crippen LogP contribution is 2.27. The number of nitrogens with zero attached hydrogens (tertiary/aromatic N) is 2. The maximum atomic E-state index is 12.5. The van der Waals surface area contributed by atoms with Crippen LogP contribution >= 0.6 is 0 Å². The van der Waals surface area contributed by atoms with Gasteiger partial charge in [-0.3, -0.25) is 4.79 Å². The van der Waals surface area contributed by atoms with Gasteiger partial charge in [0.25, 0.3) is 5.91 Å². The fraction of sp³-hybridized carbons (Fsp3) is 0.412. The Balaban J connectivity index is 1.54. The summed E-state index contributed by atoms with van der Waals surface area (Å²) in [4.78, 5) is 14.9. The number of fused-ring (bicyclic) bond motifs is 3. The lowest BCUT2D eigenvalue weighted by atomic mass is 9.96. The maximum Gasteiger partial charge on any atom is 0.251 e.